The van der Waals surface area contributed by atoms with Crippen molar-refractivity contribution in [3.63, 3.8) is 0 Å². The third-order valence-corrected chi connectivity index (χ3v) is 8.12. The van der Waals surface area contributed by atoms with E-state index >= 15 is 0 Å². The molecule has 5 fully saturated rings. The molecule has 8 heteroatoms. The second-order valence-corrected chi connectivity index (χ2v) is 10.1. The average Bonchev–Trinajstić information content (AvgIpc) is 3.28. The lowest BCUT2D eigenvalue weighted by atomic mass is 9.76. The molecule has 2 amide bonds. The highest BCUT2D eigenvalue weighted by Crippen LogP contribution is 2.39. The van der Waals surface area contributed by atoms with E-state index in [4.69, 9.17) is 9.47 Å². The number of nitrogens with zero attached hydrogens (tertiary/aromatic N) is 4. The maximum absolute atomic E-state index is 13.0. The Hall–Kier alpha value is -2.19. The van der Waals surface area contributed by atoms with E-state index in [0.29, 0.717) is 55.7 Å². The van der Waals surface area contributed by atoms with Gasteiger partial charge in [0.25, 0.3) is 5.91 Å². The Kier molecular flexibility index (Phi) is 5.10. The highest BCUT2D eigenvalue weighted by Gasteiger charge is 2.44. The van der Waals surface area contributed by atoms with Crippen molar-refractivity contribution in [3.05, 3.63) is 23.9 Å². The molecule has 0 aliphatic carbocycles. The zero-order chi connectivity index (χ0) is 21.7. The number of anilines is 1. The molecule has 32 heavy (non-hydrogen) atoms. The smallest absolute Gasteiger partial charge is 0.255 e. The van der Waals surface area contributed by atoms with Gasteiger partial charge in [0, 0.05) is 64.2 Å². The van der Waals surface area contributed by atoms with Crippen LogP contribution in [0, 0.1) is 11.8 Å². The Morgan fingerprint density at radius 3 is 2.66 bits per heavy atom. The van der Waals surface area contributed by atoms with E-state index in [2.05, 4.69) is 14.8 Å². The van der Waals surface area contributed by atoms with Crippen molar-refractivity contribution in [2.24, 2.45) is 11.8 Å². The summed E-state index contributed by atoms with van der Waals surface area (Å²) in [7, 11) is 0. The average molecular weight is 441 g/mol. The maximum atomic E-state index is 13.0. The predicted octanol–water partition coefficient (Wildman–Crippen LogP) is 1.90. The van der Waals surface area contributed by atoms with Gasteiger partial charge in [-0.2, -0.15) is 0 Å². The summed E-state index contributed by atoms with van der Waals surface area (Å²) in [6.45, 7) is 5.34. The summed E-state index contributed by atoms with van der Waals surface area (Å²) in [6, 6.07) is 4.30. The molecular weight excluding hydrogens is 408 g/mol. The first-order valence-electron chi connectivity index (χ1n) is 12.2. The molecule has 1 aromatic rings. The molecule has 0 aromatic carbocycles. The maximum Gasteiger partial charge on any atom is 0.255 e. The number of amides is 2. The Morgan fingerprint density at radius 2 is 1.91 bits per heavy atom. The summed E-state index contributed by atoms with van der Waals surface area (Å²) < 4.78 is 11.5. The van der Waals surface area contributed by atoms with Crippen molar-refractivity contribution >= 4 is 17.6 Å². The van der Waals surface area contributed by atoms with Crippen LogP contribution in [0.2, 0.25) is 0 Å². The number of hydrogen-bond donors (Lipinski definition) is 0. The van der Waals surface area contributed by atoms with Gasteiger partial charge in [-0.05, 0) is 43.2 Å². The van der Waals surface area contributed by atoms with E-state index in [9.17, 15) is 9.59 Å². The van der Waals surface area contributed by atoms with Gasteiger partial charge in [-0.15, -0.1) is 0 Å². The number of hydrogen-bond acceptors (Lipinski definition) is 6. The SMILES string of the molecule is O=C(c1ccc(N2C[C@H]3C[C@H](C2)[C@H]2CCCC(=O)N2C3)nc1)N1CCC2(CC1)OCCO2. The van der Waals surface area contributed by atoms with E-state index in [0.717, 1.165) is 57.6 Å². The van der Waals surface area contributed by atoms with Crippen LogP contribution >= 0.6 is 0 Å². The van der Waals surface area contributed by atoms with Crippen LogP contribution in [0.4, 0.5) is 5.82 Å². The monoisotopic (exact) mass is 440 g/mol. The molecule has 5 aliphatic rings. The molecule has 6 rings (SSSR count). The summed E-state index contributed by atoms with van der Waals surface area (Å²) in [5.74, 6) is 1.89. The zero-order valence-corrected chi connectivity index (χ0v) is 18.6. The molecule has 172 valence electrons. The van der Waals surface area contributed by atoms with Gasteiger partial charge in [0.2, 0.25) is 5.91 Å². The molecule has 6 heterocycles. The first kappa shape index (κ1) is 20.4. The number of rotatable bonds is 2. The highest BCUT2D eigenvalue weighted by molar-refractivity contribution is 5.94. The Morgan fingerprint density at radius 1 is 1.09 bits per heavy atom. The second-order valence-electron chi connectivity index (χ2n) is 10.1. The Bertz CT molecular complexity index is 874. The lowest BCUT2D eigenvalue weighted by Crippen LogP contribution is -2.60. The minimum Gasteiger partial charge on any atom is -0.356 e. The van der Waals surface area contributed by atoms with E-state index in [-0.39, 0.29) is 5.91 Å². The molecule has 1 spiro atoms. The van der Waals surface area contributed by atoms with Crippen LogP contribution in [-0.2, 0) is 14.3 Å². The Labute approximate surface area is 188 Å². The zero-order valence-electron chi connectivity index (χ0n) is 18.6. The lowest BCUT2D eigenvalue weighted by molar-refractivity contribution is -0.181. The van der Waals surface area contributed by atoms with Crippen molar-refractivity contribution in [3.8, 4) is 0 Å². The fourth-order valence-corrected chi connectivity index (χ4v) is 6.52. The molecule has 0 N–H and O–H groups in total. The van der Waals surface area contributed by atoms with Gasteiger partial charge >= 0.3 is 0 Å². The van der Waals surface area contributed by atoms with E-state index < -0.39 is 5.79 Å². The quantitative estimate of drug-likeness (QED) is 0.699. The predicted molar refractivity (Wildman–Crippen MR) is 117 cm³/mol. The normalized spacial score (nSPS) is 31.7. The summed E-state index contributed by atoms with van der Waals surface area (Å²) >= 11 is 0. The van der Waals surface area contributed by atoms with Gasteiger partial charge < -0.3 is 24.2 Å². The molecule has 0 saturated carbocycles. The number of fused-ring (bicyclic) bond motifs is 4. The number of pyridine rings is 1. The van der Waals surface area contributed by atoms with Crippen LogP contribution in [0.25, 0.3) is 0 Å². The summed E-state index contributed by atoms with van der Waals surface area (Å²) in [5.41, 5.74) is 0.638. The van der Waals surface area contributed by atoms with Crippen molar-refractivity contribution in [2.75, 3.05) is 50.8 Å². The lowest BCUT2D eigenvalue weighted by Gasteiger charge is -2.52. The molecule has 1 aromatic heterocycles. The third-order valence-electron chi connectivity index (χ3n) is 8.12. The first-order chi connectivity index (χ1) is 15.6. The standard InChI is InChI=1S/C24H32N4O4/c29-22-3-1-2-20-19-12-17(15-28(20)22)14-27(16-19)21-5-4-18(13-25-21)23(30)26-8-6-24(7-9-26)31-10-11-32-24/h4-5,13,17,19-20H,1-3,6-12,14-16H2/t17-,19-,20-/m1/s1. The van der Waals surface area contributed by atoms with Crippen LogP contribution in [0.1, 0.15) is 48.9 Å². The molecular formula is C24H32N4O4. The van der Waals surface area contributed by atoms with Crippen molar-refractivity contribution in [1.29, 1.82) is 0 Å². The molecule has 0 unspecified atom stereocenters. The van der Waals surface area contributed by atoms with Crippen molar-refractivity contribution in [2.45, 2.75) is 50.4 Å². The fraction of sp³-hybridized carbons (Fsp3) is 0.708. The number of ether oxygens (including phenoxy) is 2. The van der Waals surface area contributed by atoms with Gasteiger partial charge in [0.1, 0.15) is 5.82 Å². The van der Waals surface area contributed by atoms with Crippen LogP contribution in [0.3, 0.4) is 0 Å². The molecule has 2 bridgehead atoms. The highest BCUT2D eigenvalue weighted by atomic mass is 16.7. The van der Waals surface area contributed by atoms with E-state index in [1.54, 1.807) is 6.20 Å². The van der Waals surface area contributed by atoms with Crippen LogP contribution < -0.4 is 4.90 Å². The third kappa shape index (κ3) is 3.57. The fourth-order valence-electron chi connectivity index (χ4n) is 6.52. The van der Waals surface area contributed by atoms with E-state index in [1.165, 1.54) is 6.42 Å². The van der Waals surface area contributed by atoms with Crippen LogP contribution in [0.15, 0.2) is 18.3 Å². The molecule has 5 saturated heterocycles. The summed E-state index contributed by atoms with van der Waals surface area (Å²) in [6.07, 6.45) is 7.26. The van der Waals surface area contributed by atoms with Gasteiger partial charge in [-0.25, -0.2) is 4.98 Å². The van der Waals surface area contributed by atoms with Gasteiger partial charge in [-0.3, -0.25) is 9.59 Å². The van der Waals surface area contributed by atoms with Crippen molar-refractivity contribution in [1.82, 2.24) is 14.8 Å². The minimum atomic E-state index is -0.469. The summed E-state index contributed by atoms with van der Waals surface area (Å²) in [5, 5.41) is 0. The first-order valence-corrected chi connectivity index (χ1v) is 12.2. The second kappa shape index (κ2) is 7.99. The largest absolute Gasteiger partial charge is 0.356 e. The van der Waals surface area contributed by atoms with Gasteiger partial charge in [0.15, 0.2) is 5.79 Å². The van der Waals surface area contributed by atoms with E-state index in [1.807, 2.05) is 17.0 Å². The minimum absolute atomic E-state index is 0.0313. The van der Waals surface area contributed by atoms with Gasteiger partial charge in [0.05, 0.1) is 18.8 Å². The number of likely N-dealkylation sites (tertiary alicyclic amines) is 1. The number of carbonyl (C=O) groups excluding carboxylic acids is 2. The van der Waals surface area contributed by atoms with Gasteiger partial charge in [-0.1, -0.05) is 0 Å². The number of carbonyl (C=O) groups is 2. The molecule has 8 nitrogen and oxygen atoms in total. The Balaban J connectivity index is 1.10. The van der Waals surface area contributed by atoms with Crippen LogP contribution in [0.5, 0.6) is 0 Å². The molecule has 3 atom stereocenters. The van der Waals surface area contributed by atoms with Crippen LogP contribution in [-0.4, -0.2) is 84.4 Å². The number of piperidine rings is 4. The topological polar surface area (TPSA) is 75.2 Å². The molecule has 5 aliphatic heterocycles. The summed E-state index contributed by atoms with van der Waals surface area (Å²) in [4.78, 5) is 36.5. The molecule has 0 radical (unpaired) electrons. The van der Waals surface area contributed by atoms with Crippen molar-refractivity contribution < 1.29 is 19.1 Å². The number of aromatic nitrogens is 1.